The van der Waals surface area contributed by atoms with Gasteiger partial charge in [-0.2, -0.15) is 5.10 Å². The number of rotatable bonds is 6. The van der Waals surface area contributed by atoms with Gasteiger partial charge in [0.1, 0.15) is 6.33 Å². The zero-order valence-electron chi connectivity index (χ0n) is 7.94. The summed E-state index contributed by atoms with van der Waals surface area (Å²) in [6.07, 6.45) is 2.66. The van der Waals surface area contributed by atoms with Gasteiger partial charge in [0, 0.05) is 19.8 Å². The van der Waals surface area contributed by atoms with E-state index < -0.39 is 0 Å². The van der Waals surface area contributed by atoms with Crippen LogP contribution in [0.25, 0.3) is 0 Å². The number of aromatic nitrogens is 3. The Morgan fingerprint density at radius 2 is 2.46 bits per heavy atom. The second-order valence-electron chi connectivity index (χ2n) is 2.68. The van der Waals surface area contributed by atoms with Crippen LogP contribution in [0.5, 0.6) is 0 Å². The number of nitrogens with two attached hydrogens (primary N) is 1. The zero-order chi connectivity index (χ0) is 9.52. The van der Waals surface area contributed by atoms with Crippen LogP contribution < -0.4 is 5.73 Å². The molecule has 0 fully saturated rings. The molecule has 0 aliphatic heterocycles. The Bertz CT molecular complexity index is 236. The predicted octanol–water partition coefficient (Wildman–Crippen LogP) is 0.163. The van der Waals surface area contributed by atoms with E-state index in [9.17, 15) is 0 Å². The van der Waals surface area contributed by atoms with E-state index in [1.165, 1.54) is 0 Å². The first-order valence-corrected chi connectivity index (χ1v) is 4.53. The van der Waals surface area contributed by atoms with Gasteiger partial charge < -0.3 is 10.5 Å². The standard InChI is InChI=1S/C8H16N4O/c1-2-13-5-3-4-12-7-10-8(6-9)11-12/h7H,2-6,9H2,1H3. The van der Waals surface area contributed by atoms with Gasteiger partial charge in [-0.3, -0.25) is 4.68 Å². The van der Waals surface area contributed by atoms with Gasteiger partial charge in [0.15, 0.2) is 5.82 Å². The first-order valence-electron chi connectivity index (χ1n) is 4.53. The van der Waals surface area contributed by atoms with E-state index in [-0.39, 0.29) is 0 Å². The highest BCUT2D eigenvalue weighted by molar-refractivity contribution is 4.78. The quantitative estimate of drug-likeness (QED) is 0.640. The lowest BCUT2D eigenvalue weighted by molar-refractivity contribution is 0.140. The molecule has 0 aliphatic rings. The Labute approximate surface area is 77.9 Å². The maximum atomic E-state index is 5.38. The Morgan fingerprint density at radius 1 is 1.62 bits per heavy atom. The molecule has 1 aromatic rings. The third-order valence-electron chi connectivity index (χ3n) is 1.65. The lowest BCUT2D eigenvalue weighted by Gasteiger charge is -2.00. The molecule has 0 bridgehead atoms. The summed E-state index contributed by atoms with van der Waals surface area (Å²) in [4.78, 5) is 4.02. The number of nitrogens with zero attached hydrogens (tertiary/aromatic N) is 3. The Morgan fingerprint density at radius 3 is 3.08 bits per heavy atom. The van der Waals surface area contributed by atoms with Crippen LogP contribution in [0.15, 0.2) is 6.33 Å². The SMILES string of the molecule is CCOCCCn1cnc(CN)n1. The number of hydrogen-bond donors (Lipinski definition) is 1. The molecule has 1 aromatic heterocycles. The van der Waals surface area contributed by atoms with E-state index in [0.29, 0.717) is 12.4 Å². The molecule has 0 atom stereocenters. The van der Waals surface area contributed by atoms with Crippen molar-refractivity contribution >= 4 is 0 Å². The molecule has 0 radical (unpaired) electrons. The van der Waals surface area contributed by atoms with Crippen LogP contribution in [-0.4, -0.2) is 28.0 Å². The average molecular weight is 184 g/mol. The summed E-state index contributed by atoms with van der Waals surface area (Å²) >= 11 is 0. The van der Waals surface area contributed by atoms with Crippen molar-refractivity contribution in [1.82, 2.24) is 14.8 Å². The highest BCUT2D eigenvalue weighted by atomic mass is 16.5. The summed E-state index contributed by atoms with van der Waals surface area (Å²) < 4.78 is 7.00. The molecule has 0 aliphatic carbocycles. The van der Waals surface area contributed by atoms with E-state index in [0.717, 1.165) is 26.2 Å². The fourth-order valence-corrected chi connectivity index (χ4v) is 1.01. The van der Waals surface area contributed by atoms with Crippen LogP contribution in [0.3, 0.4) is 0 Å². The van der Waals surface area contributed by atoms with Gasteiger partial charge >= 0.3 is 0 Å². The van der Waals surface area contributed by atoms with E-state index in [1.807, 2.05) is 6.92 Å². The van der Waals surface area contributed by atoms with Crippen molar-refractivity contribution in [2.75, 3.05) is 13.2 Å². The molecule has 1 rings (SSSR count). The van der Waals surface area contributed by atoms with Crippen LogP contribution in [0.1, 0.15) is 19.2 Å². The lowest BCUT2D eigenvalue weighted by Crippen LogP contribution is -2.05. The van der Waals surface area contributed by atoms with Gasteiger partial charge in [0.2, 0.25) is 0 Å². The molecule has 0 unspecified atom stereocenters. The van der Waals surface area contributed by atoms with E-state index in [1.54, 1.807) is 11.0 Å². The molecular weight excluding hydrogens is 168 g/mol. The number of aryl methyl sites for hydroxylation is 1. The minimum Gasteiger partial charge on any atom is -0.382 e. The van der Waals surface area contributed by atoms with Crippen LogP contribution in [0, 0.1) is 0 Å². The van der Waals surface area contributed by atoms with Crippen LogP contribution in [-0.2, 0) is 17.8 Å². The highest BCUT2D eigenvalue weighted by Crippen LogP contribution is 1.91. The van der Waals surface area contributed by atoms with Crippen molar-refractivity contribution in [1.29, 1.82) is 0 Å². The van der Waals surface area contributed by atoms with Gasteiger partial charge in [-0.15, -0.1) is 0 Å². The van der Waals surface area contributed by atoms with Crippen molar-refractivity contribution < 1.29 is 4.74 Å². The average Bonchev–Trinajstić information content (AvgIpc) is 2.60. The maximum absolute atomic E-state index is 5.38. The Balaban J connectivity index is 2.20. The fourth-order valence-electron chi connectivity index (χ4n) is 1.01. The topological polar surface area (TPSA) is 66.0 Å². The highest BCUT2D eigenvalue weighted by Gasteiger charge is 1.97. The second kappa shape index (κ2) is 5.66. The third kappa shape index (κ3) is 3.52. The second-order valence-corrected chi connectivity index (χ2v) is 2.68. The summed E-state index contributed by atoms with van der Waals surface area (Å²) in [5.74, 6) is 0.691. The Kier molecular flexibility index (Phi) is 4.42. The summed E-state index contributed by atoms with van der Waals surface area (Å²) in [6.45, 7) is 4.77. The molecule has 0 spiro atoms. The fraction of sp³-hybridized carbons (Fsp3) is 0.750. The lowest BCUT2D eigenvalue weighted by atomic mass is 10.4. The van der Waals surface area contributed by atoms with Gasteiger partial charge in [-0.25, -0.2) is 4.98 Å². The maximum Gasteiger partial charge on any atom is 0.164 e. The van der Waals surface area contributed by atoms with E-state index >= 15 is 0 Å². The molecule has 0 saturated heterocycles. The van der Waals surface area contributed by atoms with Gasteiger partial charge in [0.25, 0.3) is 0 Å². The molecule has 13 heavy (non-hydrogen) atoms. The van der Waals surface area contributed by atoms with Crippen molar-refractivity contribution in [2.45, 2.75) is 26.4 Å². The summed E-state index contributed by atoms with van der Waals surface area (Å²) in [7, 11) is 0. The normalized spacial score (nSPS) is 10.6. The van der Waals surface area contributed by atoms with Crippen LogP contribution in [0.4, 0.5) is 0 Å². The van der Waals surface area contributed by atoms with Crippen molar-refractivity contribution in [3.05, 3.63) is 12.2 Å². The van der Waals surface area contributed by atoms with E-state index in [2.05, 4.69) is 10.1 Å². The monoisotopic (exact) mass is 184 g/mol. The number of ether oxygens (including phenoxy) is 1. The molecular formula is C8H16N4O. The molecule has 2 N–H and O–H groups in total. The van der Waals surface area contributed by atoms with Gasteiger partial charge in [-0.05, 0) is 13.3 Å². The van der Waals surface area contributed by atoms with E-state index in [4.69, 9.17) is 10.5 Å². The first kappa shape index (κ1) is 10.1. The zero-order valence-corrected chi connectivity index (χ0v) is 7.94. The summed E-state index contributed by atoms with van der Waals surface area (Å²) in [5.41, 5.74) is 5.38. The largest absolute Gasteiger partial charge is 0.382 e. The molecule has 0 amide bonds. The molecule has 1 heterocycles. The smallest absolute Gasteiger partial charge is 0.164 e. The van der Waals surface area contributed by atoms with Crippen LogP contribution >= 0.6 is 0 Å². The van der Waals surface area contributed by atoms with Gasteiger partial charge in [-0.1, -0.05) is 0 Å². The summed E-state index contributed by atoms with van der Waals surface area (Å²) in [5, 5.41) is 4.15. The number of hydrogen-bond acceptors (Lipinski definition) is 4. The van der Waals surface area contributed by atoms with Crippen molar-refractivity contribution in [3.63, 3.8) is 0 Å². The predicted molar refractivity (Wildman–Crippen MR) is 49.0 cm³/mol. The van der Waals surface area contributed by atoms with Crippen molar-refractivity contribution in [3.8, 4) is 0 Å². The molecule has 0 aromatic carbocycles. The van der Waals surface area contributed by atoms with Crippen molar-refractivity contribution in [2.24, 2.45) is 5.73 Å². The third-order valence-corrected chi connectivity index (χ3v) is 1.65. The van der Waals surface area contributed by atoms with Crippen LogP contribution in [0.2, 0.25) is 0 Å². The minimum absolute atomic E-state index is 0.401. The molecule has 5 nitrogen and oxygen atoms in total. The first-order chi connectivity index (χ1) is 6.36. The molecule has 74 valence electrons. The van der Waals surface area contributed by atoms with Gasteiger partial charge in [0.05, 0.1) is 6.54 Å². The summed E-state index contributed by atoms with van der Waals surface area (Å²) in [6, 6.07) is 0. The molecule has 5 heteroatoms. The molecule has 0 saturated carbocycles. The Hall–Kier alpha value is -0.940. The minimum atomic E-state index is 0.401.